The van der Waals surface area contributed by atoms with Gasteiger partial charge in [-0.15, -0.1) is 0 Å². The molecule has 0 aliphatic carbocycles. The monoisotopic (exact) mass is 524 g/mol. The van der Waals surface area contributed by atoms with Crippen molar-refractivity contribution in [1.82, 2.24) is 5.32 Å². The summed E-state index contributed by atoms with van der Waals surface area (Å²) >= 11 is 0. The largest absolute Gasteiger partial charge is 0.497 e. The maximum atomic E-state index is 13.9. The number of carbonyl (C=O) groups is 3. The van der Waals surface area contributed by atoms with Crippen LogP contribution in [0.4, 0.5) is 5.69 Å². The van der Waals surface area contributed by atoms with Crippen LogP contribution in [-0.2, 0) is 9.59 Å². The molecule has 2 unspecified atom stereocenters. The molecular weight excluding hydrogens is 480 g/mol. The zero-order valence-electron chi connectivity index (χ0n) is 24.1. The van der Waals surface area contributed by atoms with E-state index in [1.54, 1.807) is 52.3 Å². The molecule has 0 heterocycles. The van der Waals surface area contributed by atoms with Gasteiger partial charge < -0.3 is 14.8 Å². The first-order valence-corrected chi connectivity index (χ1v) is 13.4. The minimum absolute atomic E-state index is 0.0995. The fourth-order valence-electron chi connectivity index (χ4n) is 4.71. The lowest BCUT2D eigenvalue weighted by Crippen LogP contribution is -2.38. The van der Waals surface area contributed by atoms with Gasteiger partial charge in [0.05, 0.1) is 20.1 Å². The second kappa shape index (κ2) is 14.0. The fourth-order valence-corrected chi connectivity index (χ4v) is 4.71. The number of imide groups is 1. The minimum atomic E-state index is -0.493. The SMILES string of the molecule is CCCCCC(c1ccc(OC)cc1OC)C(C(=O)Nc1cccc(C(=O)NC(=O)C(C)C)c1)C(C)(C)C. The summed E-state index contributed by atoms with van der Waals surface area (Å²) in [6.07, 6.45) is 3.95. The van der Waals surface area contributed by atoms with E-state index in [1.807, 2.05) is 18.2 Å². The van der Waals surface area contributed by atoms with Gasteiger partial charge in [-0.3, -0.25) is 19.7 Å². The Morgan fingerprint density at radius 3 is 2.21 bits per heavy atom. The molecule has 0 saturated heterocycles. The molecule has 7 nitrogen and oxygen atoms in total. The number of rotatable bonds is 12. The van der Waals surface area contributed by atoms with Crippen LogP contribution >= 0.6 is 0 Å². The maximum Gasteiger partial charge on any atom is 0.257 e. The second-order valence-electron chi connectivity index (χ2n) is 11.1. The number of unbranched alkanes of at least 4 members (excludes halogenated alkanes) is 2. The molecular formula is C31H44N2O5. The highest BCUT2D eigenvalue weighted by Gasteiger charge is 2.39. The third kappa shape index (κ3) is 8.33. The van der Waals surface area contributed by atoms with Crippen LogP contribution in [0.5, 0.6) is 11.5 Å². The minimum Gasteiger partial charge on any atom is -0.497 e. The molecule has 2 N–H and O–H groups in total. The highest BCUT2D eigenvalue weighted by atomic mass is 16.5. The average Bonchev–Trinajstić information content (AvgIpc) is 2.86. The highest BCUT2D eigenvalue weighted by Crippen LogP contribution is 2.45. The molecule has 2 atom stereocenters. The van der Waals surface area contributed by atoms with E-state index < -0.39 is 5.91 Å². The van der Waals surface area contributed by atoms with E-state index in [2.05, 4.69) is 38.3 Å². The second-order valence-corrected chi connectivity index (χ2v) is 11.1. The number of nitrogens with one attached hydrogen (secondary N) is 2. The first kappa shape index (κ1) is 30.9. The molecule has 38 heavy (non-hydrogen) atoms. The molecule has 0 bridgehead atoms. The molecule has 0 aromatic heterocycles. The van der Waals surface area contributed by atoms with Gasteiger partial charge in [0.25, 0.3) is 5.91 Å². The third-order valence-electron chi connectivity index (χ3n) is 6.73. The summed E-state index contributed by atoms with van der Waals surface area (Å²) < 4.78 is 11.1. The van der Waals surface area contributed by atoms with E-state index in [9.17, 15) is 14.4 Å². The van der Waals surface area contributed by atoms with Crippen LogP contribution in [0.3, 0.4) is 0 Å². The maximum absolute atomic E-state index is 13.9. The molecule has 7 heteroatoms. The fraction of sp³-hybridized carbons (Fsp3) is 0.516. The number of carbonyl (C=O) groups excluding carboxylic acids is 3. The Morgan fingerprint density at radius 1 is 0.921 bits per heavy atom. The molecule has 2 rings (SSSR count). The van der Waals surface area contributed by atoms with Crippen LogP contribution in [0.2, 0.25) is 0 Å². The summed E-state index contributed by atoms with van der Waals surface area (Å²) in [6.45, 7) is 11.8. The van der Waals surface area contributed by atoms with Crippen LogP contribution in [0.25, 0.3) is 0 Å². The molecule has 0 aliphatic heterocycles. The van der Waals surface area contributed by atoms with Crippen molar-refractivity contribution < 1.29 is 23.9 Å². The lowest BCUT2D eigenvalue weighted by Gasteiger charge is -2.37. The average molecular weight is 525 g/mol. The number of amides is 3. The number of hydrogen-bond acceptors (Lipinski definition) is 5. The molecule has 2 aromatic carbocycles. The first-order valence-electron chi connectivity index (χ1n) is 13.4. The Labute approximate surface area is 227 Å². The van der Waals surface area contributed by atoms with E-state index in [0.717, 1.165) is 31.2 Å². The Kier molecular flexibility index (Phi) is 11.4. The van der Waals surface area contributed by atoms with Gasteiger partial charge in [-0.2, -0.15) is 0 Å². The quantitative estimate of drug-likeness (QED) is 0.306. The standard InChI is InChI=1S/C31H44N2O5/c1-9-10-11-15-25(24-17-16-23(37-7)19-26(24)38-8)27(31(4,5)6)30(36)32-22-14-12-13-21(18-22)29(35)33-28(34)20(2)3/h12-14,16-20,25,27H,9-11,15H2,1-8H3,(H,32,36)(H,33,34,35). The third-order valence-corrected chi connectivity index (χ3v) is 6.73. The van der Waals surface area contributed by atoms with Crippen molar-refractivity contribution in [1.29, 1.82) is 0 Å². The van der Waals surface area contributed by atoms with Gasteiger partial charge in [-0.25, -0.2) is 0 Å². The van der Waals surface area contributed by atoms with Gasteiger partial charge in [-0.05, 0) is 47.6 Å². The Balaban J connectivity index is 2.43. The van der Waals surface area contributed by atoms with E-state index in [1.165, 1.54) is 0 Å². The molecule has 2 aromatic rings. The van der Waals surface area contributed by atoms with Crippen molar-refractivity contribution in [2.24, 2.45) is 17.3 Å². The smallest absolute Gasteiger partial charge is 0.257 e. The zero-order chi connectivity index (χ0) is 28.5. The van der Waals surface area contributed by atoms with E-state index in [4.69, 9.17) is 9.47 Å². The van der Waals surface area contributed by atoms with Gasteiger partial charge in [0, 0.05) is 23.2 Å². The molecule has 0 aliphatic rings. The summed E-state index contributed by atoms with van der Waals surface area (Å²) in [5, 5.41) is 5.45. The first-order chi connectivity index (χ1) is 17.9. The van der Waals surface area contributed by atoms with Crippen molar-refractivity contribution in [3.63, 3.8) is 0 Å². The number of anilines is 1. The topological polar surface area (TPSA) is 93.7 Å². The number of ether oxygens (including phenoxy) is 2. The van der Waals surface area contributed by atoms with E-state index >= 15 is 0 Å². The van der Waals surface area contributed by atoms with E-state index in [0.29, 0.717) is 22.7 Å². The summed E-state index contributed by atoms with van der Waals surface area (Å²) in [5.41, 5.74) is 1.41. The molecule has 3 amide bonds. The normalized spacial score (nSPS) is 13.0. The molecule has 0 fully saturated rings. The van der Waals surface area contributed by atoms with Crippen LogP contribution in [-0.4, -0.2) is 31.9 Å². The van der Waals surface area contributed by atoms with Crippen molar-refractivity contribution >= 4 is 23.4 Å². The highest BCUT2D eigenvalue weighted by molar-refractivity contribution is 6.06. The molecule has 0 spiro atoms. The molecule has 0 saturated carbocycles. The Hall–Kier alpha value is -3.35. The van der Waals surface area contributed by atoms with Crippen LogP contribution in [0.15, 0.2) is 42.5 Å². The number of hydrogen-bond donors (Lipinski definition) is 2. The summed E-state index contributed by atoms with van der Waals surface area (Å²) in [6, 6.07) is 12.4. The van der Waals surface area contributed by atoms with Crippen LogP contribution in [0.1, 0.15) is 89.1 Å². The molecule has 0 radical (unpaired) electrons. The van der Waals surface area contributed by atoms with Crippen molar-refractivity contribution in [3.05, 3.63) is 53.6 Å². The number of benzene rings is 2. The lowest BCUT2D eigenvalue weighted by atomic mass is 9.68. The van der Waals surface area contributed by atoms with Crippen LogP contribution in [0, 0.1) is 17.3 Å². The van der Waals surface area contributed by atoms with Crippen molar-refractivity contribution in [3.8, 4) is 11.5 Å². The van der Waals surface area contributed by atoms with Gasteiger partial charge in [0.15, 0.2) is 0 Å². The van der Waals surface area contributed by atoms with Gasteiger partial charge >= 0.3 is 0 Å². The van der Waals surface area contributed by atoms with Crippen molar-refractivity contribution in [2.45, 2.75) is 73.1 Å². The predicted octanol–water partition coefficient (Wildman–Crippen LogP) is 6.58. The Morgan fingerprint density at radius 2 is 1.63 bits per heavy atom. The summed E-state index contributed by atoms with van der Waals surface area (Å²) in [4.78, 5) is 38.5. The van der Waals surface area contributed by atoms with Gasteiger partial charge in [0.2, 0.25) is 11.8 Å². The van der Waals surface area contributed by atoms with Crippen molar-refractivity contribution in [2.75, 3.05) is 19.5 Å². The van der Waals surface area contributed by atoms with E-state index in [-0.39, 0.29) is 35.0 Å². The lowest BCUT2D eigenvalue weighted by molar-refractivity contribution is -0.124. The zero-order valence-corrected chi connectivity index (χ0v) is 24.1. The predicted molar refractivity (Wildman–Crippen MR) is 152 cm³/mol. The summed E-state index contributed by atoms with van der Waals surface area (Å²) in [7, 11) is 3.25. The molecule has 208 valence electrons. The van der Waals surface area contributed by atoms with Gasteiger partial charge in [0.1, 0.15) is 11.5 Å². The summed E-state index contributed by atoms with van der Waals surface area (Å²) in [5.74, 6) is -0.379. The Bertz CT molecular complexity index is 1100. The van der Waals surface area contributed by atoms with Gasteiger partial charge in [-0.1, -0.05) is 72.9 Å². The van der Waals surface area contributed by atoms with Crippen LogP contribution < -0.4 is 20.1 Å². The number of methoxy groups -OCH3 is 2.